The van der Waals surface area contributed by atoms with E-state index in [-0.39, 0.29) is 0 Å². The minimum atomic E-state index is 0.563. The van der Waals surface area contributed by atoms with Crippen molar-refractivity contribution in [3.05, 3.63) is 224 Å². The number of fused-ring (bicyclic) bond motifs is 7. The van der Waals surface area contributed by atoms with Crippen LogP contribution in [0.25, 0.3) is 111 Å². The number of hydrogen-bond donors (Lipinski definition) is 0. The summed E-state index contributed by atoms with van der Waals surface area (Å²) in [7, 11) is 0. The largest absolute Gasteiger partial charge is 0.309 e. The Balaban J connectivity index is 1.07. The van der Waals surface area contributed by atoms with Gasteiger partial charge in [0.25, 0.3) is 0 Å². The van der Waals surface area contributed by atoms with Gasteiger partial charge >= 0.3 is 0 Å². The van der Waals surface area contributed by atoms with Crippen molar-refractivity contribution in [2.45, 2.75) is 0 Å². The van der Waals surface area contributed by atoms with E-state index < -0.39 is 0 Å². The van der Waals surface area contributed by atoms with Crippen molar-refractivity contribution in [2.24, 2.45) is 0 Å². The zero-order chi connectivity index (χ0) is 41.0. The van der Waals surface area contributed by atoms with Crippen molar-refractivity contribution in [3.63, 3.8) is 0 Å². The summed E-state index contributed by atoms with van der Waals surface area (Å²) in [5, 5.41) is 4.60. The lowest BCUT2D eigenvalue weighted by Crippen LogP contribution is -2.06. The van der Waals surface area contributed by atoms with Gasteiger partial charge in [0.05, 0.1) is 22.1 Å². The molecule has 0 atom stereocenters. The molecule has 0 saturated carbocycles. The highest BCUT2D eigenvalue weighted by molar-refractivity contribution is 6.26. The van der Waals surface area contributed by atoms with Crippen molar-refractivity contribution in [1.29, 1.82) is 0 Å². The van der Waals surface area contributed by atoms with E-state index in [9.17, 15) is 0 Å². The Morgan fingerprint density at radius 1 is 0.258 bits per heavy atom. The summed E-state index contributed by atoms with van der Waals surface area (Å²) in [5.41, 5.74) is 14.3. The monoisotopic (exact) mass is 791 g/mol. The van der Waals surface area contributed by atoms with Crippen molar-refractivity contribution < 1.29 is 0 Å². The lowest BCUT2D eigenvalue weighted by Gasteiger charge is -2.12. The first-order valence-corrected chi connectivity index (χ1v) is 20.9. The molecule has 0 aliphatic heterocycles. The fourth-order valence-corrected chi connectivity index (χ4v) is 9.03. The Bertz CT molecular complexity index is 3570. The lowest BCUT2D eigenvalue weighted by atomic mass is 9.99. The van der Waals surface area contributed by atoms with Crippen molar-refractivity contribution in [3.8, 4) is 67.8 Å². The maximum Gasteiger partial charge on any atom is 0.238 e. The molecule has 0 amide bonds. The van der Waals surface area contributed by atoms with Gasteiger partial charge in [-0.05, 0) is 63.7 Å². The van der Waals surface area contributed by atoms with Crippen LogP contribution in [0.2, 0.25) is 0 Å². The topological polar surface area (TPSA) is 48.5 Å². The van der Waals surface area contributed by atoms with Gasteiger partial charge in [-0.2, -0.15) is 9.97 Å². The van der Waals surface area contributed by atoms with Gasteiger partial charge < -0.3 is 4.57 Å². The van der Waals surface area contributed by atoms with E-state index in [0.717, 1.165) is 77.3 Å². The van der Waals surface area contributed by atoms with Gasteiger partial charge in [0.1, 0.15) is 0 Å². The second kappa shape index (κ2) is 14.7. The molecular weight excluding hydrogens is 755 g/mol. The van der Waals surface area contributed by atoms with Gasteiger partial charge in [-0.3, -0.25) is 4.57 Å². The third-order valence-corrected chi connectivity index (χ3v) is 12.0. The molecule has 0 spiro atoms. The van der Waals surface area contributed by atoms with Crippen LogP contribution in [-0.2, 0) is 0 Å². The van der Waals surface area contributed by atoms with Crippen LogP contribution in [0.5, 0.6) is 0 Å². The van der Waals surface area contributed by atoms with Crippen LogP contribution >= 0.6 is 0 Å². The maximum atomic E-state index is 5.37. The molecule has 0 saturated heterocycles. The predicted octanol–water partition coefficient (Wildman–Crippen LogP) is 14.4. The van der Waals surface area contributed by atoms with Gasteiger partial charge in [-0.1, -0.05) is 194 Å². The molecule has 12 aromatic rings. The molecule has 0 unspecified atom stereocenters. The molecular formula is C57H37N5. The smallest absolute Gasteiger partial charge is 0.238 e. The van der Waals surface area contributed by atoms with Gasteiger partial charge in [-0.25, -0.2) is 4.98 Å². The predicted molar refractivity (Wildman–Crippen MR) is 256 cm³/mol. The van der Waals surface area contributed by atoms with Crippen LogP contribution in [0.3, 0.4) is 0 Å². The molecule has 5 heteroatoms. The molecule has 3 heterocycles. The molecule has 12 rings (SSSR count). The Morgan fingerprint density at radius 2 is 0.661 bits per heavy atom. The van der Waals surface area contributed by atoms with E-state index in [1.165, 1.54) is 16.5 Å². The zero-order valence-electron chi connectivity index (χ0n) is 33.6. The standard InChI is InChI=1S/C57H37N5/c1-4-14-38(15-5-1)40-24-26-42(27-25-40)43-30-34-45(35-31-43)56-58-55(44-32-28-41(29-33-44)39-16-6-2-7-17-39)59-57(60-56)62-50-22-12-10-20-47(50)48-36-37-52-53(54(48)62)49-21-11-13-23-51(49)61(52)46-18-8-3-9-19-46/h1-37H. The van der Waals surface area contributed by atoms with Crippen molar-refractivity contribution in [2.75, 3.05) is 0 Å². The summed E-state index contributed by atoms with van der Waals surface area (Å²) in [6.07, 6.45) is 0. The molecule has 290 valence electrons. The third-order valence-electron chi connectivity index (χ3n) is 12.0. The second-order valence-electron chi connectivity index (χ2n) is 15.6. The van der Waals surface area contributed by atoms with Crippen molar-refractivity contribution in [1.82, 2.24) is 24.1 Å². The molecule has 3 aromatic heterocycles. The van der Waals surface area contributed by atoms with E-state index >= 15 is 0 Å². The Labute approximate surface area is 358 Å². The highest BCUT2D eigenvalue weighted by Crippen LogP contribution is 2.42. The number of para-hydroxylation sites is 3. The first-order valence-electron chi connectivity index (χ1n) is 20.9. The highest BCUT2D eigenvalue weighted by Gasteiger charge is 2.23. The first kappa shape index (κ1) is 35.5. The van der Waals surface area contributed by atoms with Crippen LogP contribution in [0.1, 0.15) is 0 Å². The van der Waals surface area contributed by atoms with Crippen LogP contribution in [-0.4, -0.2) is 24.1 Å². The number of rotatable bonds is 7. The molecule has 62 heavy (non-hydrogen) atoms. The minimum absolute atomic E-state index is 0.563. The van der Waals surface area contributed by atoms with Crippen LogP contribution in [0.15, 0.2) is 224 Å². The number of aromatic nitrogens is 5. The SMILES string of the molecule is c1ccc(-c2ccc(-c3ccc(-c4nc(-c5ccc(-c6ccccc6)cc5)nc(-n5c6ccccc6c6ccc7c(c8ccccc8n7-c7ccccc7)c65)n4)cc3)cc2)cc1. The van der Waals surface area contributed by atoms with Crippen LogP contribution in [0.4, 0.5) is 0 Å². The van der Waals surface area contributed by atoms with Crippen LogP contribution < -0.4 is 0 Å². The summed E-state index contributed by atoms with van der Waals surface area (Å²) in [5.74, 6) is 1.77. The second-order valence-corrected chi connectivity index (χ2v) is 15.6. The summed E-state index contributed by atoms with van der Waals surface area (Å²) < 4.78 is 4.62. The number of benzene rings is 9. The summed E-state index contributed by atoms with van der Waals surface area (Å²) >= 11 is 0. The highest BCUT2D eigenvalue weighted by atomic mass is 15.2. The molecule has 0 fully saturated rings. The van der Waals surface area contributed by atoms with Gasteiger partial charge in [0, 0.05) is 38.4 Å². The van der Waals surface area contributed by atoms with Gasteiger partial charge in [0.15, 0.2) is 11.6 Å². The quantitative estimate of drug-likeness (QED) is 0.162. The Kier molecular flexibility index (Phi) is 8.42. The van der Waals surface area contributed by atoms with Gasteiger partial charge in [0.2, 0.25) is 5.95 Å². The average molecular weight is 792 g/mol. The maximum absolute atomic E-state index is 5.37. The summed E-state index contributed by atoms with van der Waals surface area (Å²) in [4.78, 5) is 15.9. The van der Waals surface area contributed by atoms with E-state index in [4.69, 9.17) is 15.0 Å². The Hall–Kier alpha value is -8.41. The lowest BCUT2D eigenvalue weighted by molar-refractivity contribution is 0.955. The van der Waals surface area contributed by atoms with E-state index in [1.54, 1.807) is 0 Å². The molecule has 9 aromatic carbocycles. The van der Waals surface area contributed by atoms with E-state index in [2.05, 4.69) is 221 Å². The third kappa shape index (κ3) is 5.98. The molecule has 0 radical (unpaired) electrons. The number of nitrogens with zero attached hydrogens (tertiary/aromatic N) is 5. The molecule has 0 bridgehead atoms. The minimum Gasteiger partial charge on any atom is -0.309 e. The van der Waals surface area contributed by atoms with Crippen molar-refractivity contribution >= 4 is 43.6 Å². The van der Waals surface area contributed by atoms with E-state index in [1.807, 2.05) is 12.1 Å². The molecule has 5 nitrogen and oxygen atoms in total. The summed E-state index contributed by atoms with van der Waals surface area (Å²) in [6.45, 7) is 0. The number of hydrogen-bond acceptors (Lipinski definition) is 3. The normalized spacial score (nSPS) is 11.5. The molecule has 0 aliphatic carbocycles. The van der Waals surface area contributed by atoms with E-state index in [0.29, 0.717) is 17.6 Å². The molecule has 0 N–H and O–H groups in total. The fraction of sp³-hybridized carbons (Fsp3) is 0. The van der Waals surface area contributed by atoms with Gasteiger partial charge in [-0.15, -0.1) is 0 Å². The average Bonchev–Trinajstić information content (AvgIpc) is 3.88. The summed E-state index contributed by atoms with van der Waals surface area (Å²) in [6, 6.07) is 79.2. The first-order chi connectivity index (χ1) is 30.7. The Morgan fingerprint density at radius 3 is 1.18 bits per heavy atom. The van der Waals surface area contributed by atoms with Crippen LogP contribution in [0, 0.1) is 0 Å². The fourth-order valence-electron chi connectivity index (χ4n) is 9.03. The zero-order valence-corrected chi connectivity index (χ0v) is 33.6. The molecule has 0 aliphatic rings.